The van der Waals surface area contributed by atoms with E-state index in [0.29, 0.717) is 5.69 Å². The Morgan fingerprint density at radius 2 is 1.62 bits per heavy atom. The first kappa shape index (κ1) is 32.6. The number of hydrogen-bond acceptors (Lipinski definition) is 7. The summed E-state index contributed by atoms with van der Waals surface area (Å²) in [7, 11) is -3.88. The lowest BCUT2D eigenvalue weighted by molar-refractivity contribution is -0.117. The third kappa shape index (κ3) is 7.37. The number of alkyl carbamates (subject to hydrolysis) is 1. The summed E-state index contributed by atoms with van der Waals surface area (Å²) in [5.74, 6) is -3.26. The van der Waals surface area contributed by atoms with Gasteiger partial charge < -0.3 is 19.9 Å². The topological polar surface area (TPSA) is 112 Å². The van der Waals surface area contributed by atoms with Crippen LogP contribution in [0.4, 0.5) is 25.1 Å². The summed E-state index contributed by atoms with van der Waals surface area (Å²) in [6.07, 6.45) is -0.517. The second-order valence-electron chi connectivity index (χ2n) is 11.9. The van der Waals surface area contributed by atoms with Crippen LogP contribution in [-0.2, 0) is 25.5 Å². The van der Waals surface area contributed by atoms with Gasteiger partial charge in [0.1, 0.15) is 16.6 Å². The zero-order valence-electron chi connectivity index (χ0n) is 25.0. The van der Waals surface area contributed by atoms with Crippen molar-refractivity contribution in [3.63, 3.8) is 0 Å². The lowest BCUT2D eigenvalue weighted by atomic mass is 10.0. The van der Waals surface area contributed by atoms with Gasteiger partial charge in [-0.15, -0.1) is 0 Å². The van der Waals surface area contributed by atoms with E-state index in [-0.39, 0.29) is 72.0 Å². The average Bonchev–Trinajstić information content (AvgIpc) is 3.35. The summed E-state index contributed by atoms with van der Waals surface area (Å²) in [4.78, 5) is 32.3. The van der Waals surface area contributed by atoms with E-state index in [4.69, 9.17) is 16.3 Å². The van der Waals surface area contributed by atoms with Crippen molar-refractivity contribution in [2.24, 2.45) is 0 Å². The maximum absolute atomic E-state index is 15.3. The normalized spacial score (nSPS) is 18.3. The third-order valence-electron chi connectivity index (χ3n) is 7.47. The number of nitrogens with one attached hydrogen (secondary N) is 1. The van der Waals surface area contributed by atoms with Crippen LogP contribution in [0.5, 0.6) is 0 Å². The molecule has 14 heteroatoms. The van der Waals surface area contributed by atoms with Crippen molar-refractivity contribution in [1.82, 2.24) is 14.6 Å². The molecule has 0 aliphatic carbocycles. The molecule has 2 aromatic carbocycles. The van der Waals surface area contributed by atoms with Crippen LogP contribution in [0.2, 0.25) is 5.15 Å². The zero-order valence-corrected chi connectivity index (χ0v) is 26.6. The van der Waals surface area contributed by atoms with E-state index in [1.165, 1.54) is 51.7 Å². The number of hydrogen-bond donors (Lipinski definition) is 1. The molecular weight excluding hydrogens is 628 g/mol. The van der Waals surface area contributed by atoms with Gasteiger partial charge in [0.25, 0.3) is 5.92 Å². The monoisotopic (exact) mass is 661 g/mol. The predicted octanol–water partition coefficient (Wildman–Crippen LogP) is 5.02. The molecule has 5 rings (SSSR count). The van der Waals surface area contributed by atoms with E-state index >= 15 is 8.78 Å². The maximum atomic E-state index is 15.3. The van der Waals surface area contributed by atoms with Gasteiger partial charge in [-0.25, -0.2) is 18.2 Å². The number of carbonyl (C=O) groups excluding carboxylic acids is 2. The molecule has 0 saturated carbocycles. The molecule has 2 amide bonds. The highest BCUT2D eigenvalue weighted by Crippen LogP contribution is 2.38. The third-order valence-corrected chi connectivity index (χ3v) is 9.58. The number of aromatic nitrogens is 1. The molecular formula is C31H34ClF2N5O5S. The van der Waals surface area contributed by atoms with Gasteiger partial charge in [0.15, 0.2) is 0 Å². The predicted molar refractivity (Wildman–Crippen MR) is 166 cm³/mol. The zero-order chi connectivity index (χ0) is 32.6. The SMILES string of the molecule is CC(C)(C)OC(=O)NC1CC(=O)N(c2ccc(S(=O)(=O)N3CCN(c4cc(C(F)(F)c5ccccc5)cc(Cl)n4)CC3)cc2)C1. The van der Waals surface area contributed by atoms with Gasteiger partial charge in [0.05, 0.1) is 10.9 Å². The Hall–Kier alpha value is -3.81. The molecule has 1 aromatic heterocycles. The van der Waals surface area contributed by atoms with Crippen molar-refractivity contribution in [2.75, 3.05) is 42.5 Å². The number of alkyl halides is 2. The van der Waals surface area contributed by atoms with Gasteiger partial charge >= 0.3 is 6.09 Å². The summed E-state index contributed by atoms with van der Waals surface area (Å²) in [5, 5.41) is 2.61. The molecule has 240 valence electrons. The highest BCUT2D eigenvalue weighted by molar-refractivity contribution is 7.89. The fourth-order valence-electron chi connectivity index (χ4n) is 5.27. The Morgan fingerprint density at radius 1 is 0.978 bits per heavy atom. The largest absolute Gasteiger partial charge is 0.444 e. The van der Waals surface area contributed by atoms with Crippen LogP contribution < -0.4 is 15.1 Å². The molecule has 0 radical (unpaired) electrons. The number of anilines is 2. The molecule has 2 aliphatic rings. The summed E-state index contributed by atoms with van der Waals surface area (Å²) in [5.41, 5.74) is -0.641. The molecule has 2 aliphatic heterocycles. The first-order chi connectivity index (χ1) is 21.1. The Morgan fingerprint density at radius 3 is 2.24 bits per heavy atom. The Labute approximate surface area is 266 Å². The van der Waals surface area contributed by atoms with Crippen molar-refractivity contribution in [3.8, 4) is 0 Å². The number of ether oxygens (including phenoxy) is 1. The Kier molecular flexibility index (Phi) is 9.07. The molecule has 10 nitrogen and oxygen atoms in total. The minimum Gasteiger partial charge on any atom is -0.444 e. The smallest absolute Gasteiger partial charge is 0.407 e. The number of nitrogens with zero attached hydrogens (tertiary/aromatic N) is 4. The van der Waals surface area contributed by atoms with Crippen molar-refractivity contribution in [2.45, 2.75) is 49.7 Å². The van der Waals surface area contributed by atoms with Crippen LogP contribution in [0.3, 0.4) is 0 Å². The molecule has 0 bridgehead atoms. The molecule has 2 saturated heterocycles. The number of benzene rings is 2. The molecule has 3 heterocycles. The van der Waals surface area contributed by atoms with Crippen LogP contribution in [0.1, 0.15) is 38.3 Å². The van der Waals surface area contributed by atoms with Crippen LogP contribution >= 0.6 is 11.6 Å². The van der Waals surface area contributed by atoms with Gasteiger partial charge in [0, 0.05) is 56.0 Å². The fraction of sp³-hybridized carbons (Fsp3) is 0.387. The number of sulfonamides is 1. The highest BCUT2D eigenvalue weighted by atomic mass is 35.5. The van der Waals surface area contributed by atoms with E-state index < -0.39 is 33.7 Å². The highest BCUT2D eigenvalue weighted by Gasteiger charge is 2.36. The molecule has 1 atom stereocenters. The fourth-order valence-corrected chi connectivity index (χ4v) is 6.90. The van der Waals surface area contributed by atoms with Crippen LogP contribution in [0.15, 0.2) is 71.6 Å². The summed E-state index contributed by atoms with van der Waals surface area (Å²) < 4.78 is 64.0. The number of amides is 2. The number of carbonyl (C=O) groups is 2. The first-order valence-electron chi connectivity index (χ1n) is 14.4. The lowest BCUT2D eigenvalue weighted by Crippen LogP contribution is -2.49. The van der Waals surface area contributed by atoms with Crippen molar-refractivity contribution >= 4 is 45.1 Å². The quantitative estimate of drug-likeness (QED) is 0.354. The van der Waals surface area contributed by atoms with Crippen molar-refractivity contribution < 1.29 is 31.5 Å². The van der Waals surface area contributed by atoms with E-state index in [1.54, 1.807) is 43.9 Å². The van der Waals surface area contributed by atoms with Gasteiger partial charge in [0.2, 0.25) is 15.9 Å². The standard InChI is InChI=1S/C31H34ClF2N5O5S/c1-30(2,3)44-29(41)35-23-19-28(40)39(20-23)24-9-11-25(12-10-24)45(42,43)38-15-13-37(14-16-38)27-18-22(17-26(32)36-27)31(33,34)21-7-5-4-6-8-21/h4-12,17-18,23H,13-16,19-20H2,1-3H3,(H,35,41). The summed E-state index contributed by atoms with van der Waals surface area (Å²) in [6.45, 7) is 6.11. The molecule has 3 aromatic rings. The molecule has 45 heavy (non-hydrogen) atoms. The molecule has 1 N–H and O–H groups in total. The second kappa shape index (κ2) is 12.5. The van der Waals surface area contributed by atoms with Gasteiger partial charge in [-0.05, 0) is 57.2 Å². The van der Waals surface area contributed by atoms with Crippen LogP contribution in [-0.4, -0.2) is 74.1 Å². The van der Waals surface area contributed by atoms with E-state index in [2.05, 4.69) is 10.3 Å². The number of piperazine rings is 1. The average molecular weight is 662 g/mol. The van der Waals surface area contributed by atoms with E-state index in [9.17, 15) is 18.0 Å². The van der Waals surface area contributed by atoms with Gasteiger partial charge in [-0.1, -0.05) is 41.9 Å². The Balaban J connectivity index is 1.22. The molecule has 1 unspecified atom stereocenters. The van der Waals surface area contributed by atoms with Gasteiger partial charge in [-0.2, -0.15) is 13.1 Å². The first-order valence-corrected chi connectivity index (χ1v) is 16.2. The second-order valence-corrected chi connectivity index (χ2v) is 14.2. The minimum atomic E-state index is -3.88. The number of rotatable bonds is 7. The minimum absolute atomic E-state index is 0.0560. The molecule has 2 fully saturated rings. The van der Waals surface area contributed by atoms with E-state index in [1.807, 2.05) is 0 Å². The van der Waals surface area contributed by atoms with Crippen molar-refractivity contribution in [1.29, 1.82) is 0 Å². The van der Waals surface area contributed by atoms with Crippen LogP contribution in [0.25, 0.3) is 0 Å². The Bertz CT molecular complexity index is 1660. The lowest BCUT2D eigenvalue weighted by Gasteiger charge is -2.35. The molecule has 0 spiro atoms. The maximum Gasteiger partial charge on any atom is 0.407 e. The number of pyridine rings is 1. The summed E-state index contributed by atoms with van der Waals surface area (Å²) in [6, 6.07) is 15.4. The van der Waals surface area contributed by atoms with E-state index in [0.717, 1.165) is 6.07 Å². The van der Waals surface area contributed by atoms with Gasteiger partial charge in [-0.3, -0.25) is 4.79 Å². The van der Waals surface area contributed by atoms with Crippen LogP contribution in [0, 0.1) is 0 Å². The number of halogens is 3. The van der Waals surface area contributed by atoms with Crippen molar-refractivity contribution in [3.05, 3.63) is 83.0 Å². The summed E-state index contributed by atoms with van der Waals surface area (Å²) >= 11 is 6.14.